The molecule has 6 rings (SSSR count). The lowest BCUT2D eigenvalue weighted by molar-refractivity contribution is -0.228. The van der Waals surface area contributed by atoms with Crippen LogP contribution in [0, 0.1) is 0 Å². The Morgan fingerprint density at radius 2 is 1.43 bits per heavy atom. The first-order chi connectivity index (χ1) is 24.0. The minimum Gasteiger partial charge on any atom is -0.497 e. The molecular formula is C39H58O9Si. The molecule has 0 aliphatic carbocycles. The van der Waals surface area contributed by atoms with E-state index in [1.54, 1.807) is 7.11 Å². The molecule has 0 unspecified atom stereocenters. The Bertz CT molecular complexity index is 1250. The van der Waals surface area contributed by atoms with Gasteiger partial charge in [-0.05, 0) is 60.7 Å². The third kappa shape index (κ3) is 9.14. The van der Waals surface area contributed by atoms with Crippen LogP contribution in [0.1, 0.15) is 70.4 Å². The van der Waals surface area contributed by atoms with E-state index in [9.17, 15) is 5.11 Å². The summed E-state index contributed by atoms with van der Waals surface area (Å²) in [6.45, 7) is 8.42. The zero-order valence-corrected chi connectivity index (χ0v) is 30.9. The fourth-order valence-electron chi connectivity index (χ4n) is 8.19. The van der Waals surface area contributed by atoms with Gasteiger partial charge in [-0.3, -0.25) is 0 Å². The Kier molecular flexibility index (Phi) is 13.2. The summed E-state index contributed by atoms with van der Waals surface area (Å²) in [5, 5.41) is 10.4. The van der Waals surface area contributed by atoms with Gasteiger partial charge in [-0.1, -0.05) is 63.2 Å². The lowest BCUT2D eigenvalue weighted by atomic mass is 9.92. The molecule has 0 spiro atoms. The van der Waals surface area contributed by atoms with Crippen LogP contribution >= 0.6 is 0 Å². The van der Waals surface area contributed by atoms with E-state index in [0.29, 0.717) is 26.2 Å². The molecule has 4 saturated heterocycles. The van der Waals surface area contributed by atoms with Crippen LogP contribution in [0.15, 0.2) is 54.6 Å². The maximum absolute atomic E-state index is 10.4. The normalized spacial score (nSPS) is 33.2. The highest BCUT2D eigenvalue weighted by molar-refractivity contribution is 6.73. The highest BCUT2D eigenvalue weighted by atomic mass is 28.4. The number of hydrogen-bond acceptors (Lipinski definition) is 9. The number of fused-ring (bicyclic) bond motifs is 3. The van der Waals surface area contributed by atoms with Gasteiger partial charge in [-0.2, -0.15) is 0 Å². The fraction of sp³-hybridized carbons (Fsp3) is 0.692. The fourth-order valence-corrected chi connectivity index (χ4v) is 11.1. The number of benzene rings is 2. The van der Waals surface area contributed by atoms with E-state index < -0.39 is 14.4 Å². The van der Waals surface area contributed by atoms with Crippen molar-refractivity contribution in [2.24, 2.45) is 0 Å². The first-order valence-electron chi connectivity index (χ1n) is 18.7. The van der Waals surface area contributed by atoms with Crippen molar-refractivity contribution in [3.8, 4) is 5.75 Å². The van der Waals surface area contributed by atoms with E-state index in [-0.39, 0.29) is 61.5 Å². The van der Waals surface area contributed by atoms with Crippen LogP contribution in [0.2, 0.25) is 18.1 Å². The first-order valence-corrected chi connectivity index (χ1v) is 21.3. The van der Waals surface area contributed by atoms with Gasteiger partial charge in [-0.15, -0.1) is 0 Å². The quantitative estimate of drug-likeness (QED) is 0.163. The van der Waals surface area contributed by atoms with Crippen molar-refractivity contribution in [3.63, 3.8) is 0 Å². The lowest BCUT2D eigenvalue weighted by Crippen LogP contribution is -2.56. The van der Waals surface area contributed by atoms with Crippen molar-refractivity contribution >= 4 is 8.32 Å². The standard InChI is InChI=1S/C39H58O9Si/c1-5-49(6-2,7-3)48-37-23-35-33(21-30(44-35)19-20-42-25-27-11-9-8-10-12-27)45-36-22-34-32(47-39(36)37)18-17-31(38(24-40)46-34)43-26-28-13-15-29(41-4)16-14-28/h8-16,30-40H,5-7,17-26H2,1-4H3/t30-,31-,32+,33-,34-,35+,36+,37-,38+,39+/m0/s1. The molecule has 0 amide bonds. The van der Waals surface area contributed by atoms with Crippen molar-refractivity contribution in [1.82, 2.24) is 0 Å². The summed E-state index contributed by atoms with van der Waals surface area (Å²) >= 11 is 0. The van der Waals surface area contributed by atoms with Gasteiger partial charge < -0.3 is 42.7 Å². The summed E-state index contributed by atoms with van der Waals surface area (Å²) in [5.41, 5.74) is 2.23. The molecule has 0 bridgehead atoms. The van der Waals surface area contributed by atoms with Gasteiger partial charge in [0.2, 0.25) is 0 Å². The smallest absolute Gasteiger partial charge is 0.192 e. The summed E-state index contributed by atoms with van der Waals surface area (Å²) in [5.74, 6) is 0.813. The predicted molar refractivity (Wildman–Crippen MR) is 189 cm³/mol. The number of aliphatic hydroxyl groups is 1. The van der Waals surface area contributed by atoms with E-state index in [0.717, 1.165) is 61.5 Å². The largest absolute Gasteiger partial charge is 0.497 e. The Hall–Kier alpha value is -1.86. The summed E-state index contributed by atoms with van der Waals surface area (Å²) in [6, 6.07) is 21.4. The average molecular weight is 699 g/mol. The molecule has 49 heavy (non-hydrogen) atoms. The molecule has 0 aromatic heterocycles. The topological polar surface area (TPSA) is 94.1 Å². The van der Waals surface area contributed by atoms with Gasteiger partial charge in [0, 0.05) is 25.9 Å². The zero-order valence-electron chi connectivity index (χ0n) is 29.9. The minimum atomic E-state index is -1.96. The number of aliphatic hydroxyl groups excluding tert-OH is 1. The van der Waals surface area contributed by atoms with Crippen molar-refractivity contribution in [3.05, 3.63) is 65.7 Å². The van der Waals surface area contributed by atoms with E-state index in [4.69, 9.17) is 37.6 Å². The highest BCUT2D eigenvalue weighted by Gasteiger charge is 2.53. The number of rotatable bonds is 15. The third-order valence-corrected chi connectivity index (χ3v) is 16.0. The third-order valence-electron chi connectivity index (χ3n) is 11.4. The molecule has 2 aromatic rings. The van der Waals surface area contributed by atoms with Gasteiger partial charge in [0.1, 0.15) is 18.0 Å². The molecule has 0 saturated carbocycles. The van der Waals surface area contributed by atoms with E-state index in [1.165, 1.54) is 5.56 Å². The predicted octanol–water partition coefficient (Wildman–Crippen LogP) is 6.59. The van der Waals surface area contributed by atoms with Gasteiger partial charge in [0.05, 0.1) is 75.8 Å². The van der Waals surface area contributed by atoms with Crippen LogP contribution in [-0.4, -0.2) is 94.8 Å². The Morgan fingerprint density at radius 1 is 0.714 bits per heavy atom. The second-order valence-corrected chi connectivity index (χ2v) is 19.0. The Labute approximate surface area is 294 Å². The Morgan fingerprint density at radius 3 is 2.14 bits per heavy atom. The molecular weight excluding hydrogens is 641 g/mol. The molecule has 9 nitrogen and oxygen atoms in total. The molecule has 4 fully saturated rings. The summed E-state index contributed by atoms with van der Waals surface area (Å²) in [7, 11) is -0.294. The van der Waals surface area contributed by atoms with Crippen LogP contribution in [0.3, 0.4) is 0 Å². The van der Waals surface area contributed by atoms with Crippen LogP contribution in [-0.2, 0) is 46.1 Å². The van der Waals surface area contributed by atoms with E-state index >= 15 is 0 Å². The lowest BCUT2D eigenvalue weighted by Gasteiger charge is -2.45. The zero-order chi connectivity index (χ0) is 34.2. The monoisotopic (exact) mass is 698 g/mol. The Balaban J connectivity index is 1.12. The van der Waals surface area contributed by atoms with Crippen molar-refractivity contribution < 1.29 is 42.7 Å². The van der Waals surface area contributed by atoms with Gasteiger partial charge in [0.15, 0.2) is 8.32 Å². The molecule has 2 aromatic carbocycles. The second kappa shape index (κ2) is 17.6. The highest BCUT2D eigenvalue weighted by Crippen LogP contribution is 2.43. The molecule has 4 aliphatic rings. The van der Waals surface area contributed by atoms with Crippen LogP contribution < -0.4 is 4.74 Å². The minimum absolute atomic E-state index is 0.0266. The summed E-state index contributed by atoms with van der Waals surface area (Å²) < 4.78 is 52.3. The van der Waals surface area contributed by atoms with Crippen LogP contribution in [0.4, 0.5) is 0 Å². The summed E-state index contributed by atoms with van der Waals surface area (Å²) in [4.78, 5) is 0. The average Bonchev–Trinajstić information content (AvgIpc) is 3.35. The number of hydrogen-bond donors (Lipinski definition) is 1. The molecule has 10 atom stereocenters. The molecule has 10 heteroatoms. The van der Waals surface area contributed by atoms with Crippen LogP contribution in [0.5, 0.6) is 5.75 Å². The van der Waals surface area contributed by atoms with E-state index in [2.05, 4.69) is 32.9 Å². The summed E-state index contributed by atoms with van der Waals surface area (Å²) in [6.07, 6.45) is 3.24. The molecule has 0 radical (unpaired) electrons. The van der Waals surface area contributed by atoms with Gasteiger partial charge >= 0.3 is 0 Å². The first kappa shape index (κ1) is 36.9. The number of ether oxygens (including phenoxy) is 7. The van der Waals surface area contributed by atoms with Gasteiger partial charge in [0.25, 0.3) is 0 Å². The van der Waals surface area contributed by atoms with E-state index in [1.807, 2.05) is 42.5 Å². The van der Waals surface area contributed by atoms with Crippen molar-refractivity contribution in [2.75, 3.05) is 20.3 Å². The second-order valence-electron chi connectivity index (χ2n) is 14.3. The molecule has 1 N–H and O–H groups in total. The number of methoxy groups -OCH3 is 1. The van der Waals surface area contributed by atoms with Crippen molar-refractivity contribution in [1.29, 1.82) is 0 Å². The van der Waals surface area contributed by atoms with Crippen LogP contribution in [0.25, 0.3) is 0 Å². The molecule has 4 heterocycles. The maximum Gasteiger partial charge on any atom is 0.192 e. The van der Waals surface area contributed by atoms with Gasteiger partial charge in [-0.25, -0.2) is 0 Å². The molecule has 4 aliphatic heterocycles. The molecule has 272 valence electrons. The van der Waals surface area contributed by atoms with Crippen molar-refractivity contribution in [2.45, 2.75) is 152 Å². The SMILES string of the molecule is CC[Si](CC)(CC)O[C@H]1C[C@H]2O[C@@H](CCOCc3ccccc3)C[C@@H]2O[C@@H]2C[C@@H]3O[C@H](CO)[C@@H](OCc4ccc(OC)cc4)CC[C@H]3O[C@@H]12. The maximum atomic E-state index is 10.4.